The van der Waals surface area contributed by atoms with Crippen molar-refractivity contribution in [3.63, 3.8) is 0 Å². The van der Waals surface area contributed by atoms with Crippen LogP contribution >= 0.6 is 0 Å². The molecule has 45 heavy (non-hydrogen) atoms. The lowest BCUT2D eigenvalue weighted by atomic mass is 9.88. The van der Waals surface area contributed by atoms with E-state index in [0.29, 0.717) is 25.2 Å². The Bertz CT molecular complexity index is 1350. The van der Waals surface area contributed by atoms with Crippen molar-refractivity contribution in [2.75, 3.05) is 75.7 Å². The summed E-state index contributed by atoms with van der Waals surface area (Å²) >= 11 is 0. The Labute approximate surface area is 265 Å². The first-order valence-corrected chi connectivity index (χ1v) is 16.7. The fourth-order valence-corrected chi connectivity index (χ4v) is 8.20. The molecule has 2 unspecified atom stereocenters. The first kappa shape index (κ1) is 29.5. The van der Waals surface area contributed by atoms with Gasteiger partial charge in [-0.15, -0.1) is 0 Å². The molecule has 4 saturated heterocycles. The molecule has 10 nitrogen and oxygen atoms in total. The van der Waals surface area contributed by atoms with Gasteiger partial charge in [0.1, 0.15) is 0 Å². The first-order valence-electron chi connectivity index (χ1n) is 16.7. The van der Waals surface area contributed by atoms with Crippen LogP contribution in [-0.4, -0.2) is 87.6 Å². The lowest BCUT2D eigenvalue weighted by molar-refractivity contribution is -0.353. The molecule has 6 aliphatic rings. The van der Waals surface area contributed by atoms with Gasteiger partial charge in [-0.25, -0.2) is 0 Å². The van der Waals surface area contributed by atoms with Gasteiger partial charge in [0.15, 0.2) is 0 Å². The van der Waals surface area contributed by atoms with Crippen LogP contribution in [0.1, 0.15) is 50.7 Å². The monoisotopic (exact) mass is 616 g/mol. The standard InChI is InChI=1S/C35H44N4O6/c1-25-9-7-15-36(17-25)23-38-29-13-5-3-11-27(29)34(31(38)40)42-19-33(20-43-34)21-44-35(45-22-33)28-12-4-6-14-30(28)39(32(35)41)24-37-16-8-10-26(2)18-37/h3-6,11-14,25-26H,7-10,15-24H2,1-2H3. The van der Waals surface area contributed by atoms with Crippen LogP contribution < -0.4 is 9.80 Å². The third-order valence-corrected chi connectivity index (χ3v) is 10.6. The summed E-state index contributed by atoms with van der Waals surface area (Å²) in [5, 5.41) is 0. The SMILES string of the molecule is CC1CCCN(CN2C(=O)C3(OCC4(CO3)COC3(OC4)C(=O)N(CN4CCCC(C)C4)c4ccccc43)c3ccccc32)C1. The van der Waals surface area contributed by atoms with Crippen LogP contribution in [-0.2, 0) is 40.1 Å². The summed E-state index contributed by atoms with van der Waals surface area (Å²) in [6.45, 7) is 10.3. The van der Waals surface area contributed by atoms with E-state index in [-0.39, 0.29) is 38.2 Å². The van der Waals surface area contributed by atoms with Crippen molar-refractivity contribution < 1.29 is 28.5 Å². The molecule has 6 aliphatic heterocycles. The fourth-order valence-electron chi connectivity index (χ4n) is 8.20. The van der Waals surface area contributed by atoms with Crippen molar-refractivity contribution in [2.24, 2.45) is 17.3 Å². The van der Waals surface area contributed by atoms with E-state index in [1.54, 1.807) is 0 Å². The van der Waals surface area contributed by atoms with Crippen LogP contribution in [0.5, 0.6) is 0 Å². The second-order valence-corrected chi connectivity index (χ2v) is 14.3. The van der Waals surface area contributed by atoms with Gasteiger partial charge in [-0.2, -0.15) is 0 Å². The highest BCUT2D eigenvalue weighted by atomic mass is 16.7. The average molecular weight is 617 g/mol. The number of anilines is 2. The molecule has 6 heterocycles. The summed E-state index contributed by atoms with van der Waals surface area (Å²) in [5.41, 5.74) is 2.51. The summed E-state index contributed by atoms with van der Waals surface area (Å²) in [6, 6.07) is 15.6. The fraction of sp³-hybridized carbons (Fsp3) is 0.600. The van der Waals surface area contributed by atoms with Gasteiger partial charge in [0.25, 0.3) is 23.4 Å². The first-order chi connectivity index (χ1) is 21.8. The summed E-state index contributed by atoms with van der Waals surface area (Å²) in [4.78, 5) is 36.5. The third-order valence-electron chi connectivity index (χ3n) is 10.6. The quantitative estimate of drug-likeness (QED) is 0.513. The molecule has 0 bridgehead atoms. The minimum atomic E-state index is -1.49. The molecule has 2 aromatic rings. The molecule has 0 radical (unpaired) electrons. The Kier molecular flexibility index (Phi) is 7.31. The number of piperidine rings is 2. The Morgan fingerprint density at radius 1 is 0.644 bits per heavy atom. The second-order valence-electron chi connectivity index (χ2n) is 14.3. The second kappa shape index (κ2) is 11.1. The van der Waals surface area contributed by atoms with Crippen LogP contribution in [0.4, 0.5) is 11.4 Å². The van der Waals surface area contributed by atoms with Crippen LogP contribution in [0.2, 0.25) is 0 Å². The average Bonchev–Trinajstić information content (AvgIpc) is 3.41. The number of amides is 2. The number of carbonyl (C=O) groups is 2. The van der Waals surface area contributed by atoms with Crippen molar-refractivity contribution in [3.05, 3.63) is 59.7 Å². The predicted octanol–water partition coefficient (Wildman–Crippen LogP) is 3.84. The van der Waals surface area contributed by atoms with Gasteiger partial charge in [-0.3, -0.25) is 29.2 Å². The minimum Gasteiger partial charge on any atom is -0.338 e. The van der Waals surface area contributed by atoms with Gasteiger partial charge in [0.2, 0.25) is 0 Å². The zero-order valence-electron chi connectivity index (χ0n) is 26.4. The molecule has 0 aliphatic carbocycles. The molecule has 240 valence electrons. The van der Waals surface area contributed by atoms with E-state index in [2.05, 4.69) is 23.6 Å². The molecular formula is C35H44N4O6. The van der Waals surface area contributed by atoms with E-state index in [4.69, 9.17) is 18.9 Å². The highest BCUT2D eigenvalue weighted by Crippen LogP contribution is 2.52. The minimum absolute atomic E-state index is 0.187. The van der Waals surface area contributed by atoms with Crippen LogP contribution in [0, 0.1) is 17.3 Å². The Morgan fingerprint density at radius 3 is 1.44 bits per heavy atom. The molecule has 4 fully saturated rings. The molecule has 10 heteroatoms. The molecule has 0 N–H and O–H groups in total. The number of carbonyl (C=O) groups excluding carboxylic acids is 2. The maximum atomic E-state index is 14.1. The van der Waals surface area contributed by atoms with Crippen molar-refractivity contribution in [3.8, 4) is 0 Å². The molecule has 8 rings (SSSR count). The van der Waals surface area contributed by atoms with Gasteiger partial charge in [-0.05, 0) is 62.7 Å². The number of nitrogens with zero attached hydrogens (tertiary/aromatic N) is 4. The van der Waals surface area contributed by atoms with E-state index in [0.717, 1.165) is 61.5 Å². The number of hydrogen-bond donors (Lipinski definition) is 0. The number of ether oxygens (including phenoxy) is 4. The molecule has 0 saturated carbocycles. The van der Waals surface area contributed by atoms with Gasteiger partial charge in [0, 0.05) is 24.2 Å². The number of hydrogen-bond acceptors (Lipinski definition) is 8. The predicted molar refractivity (Wildman–Crippen MR) is 167 cm³/mol. The van der Waals surface area contributed by atoms with Crippen LogP contribution in [0.15, 0.2) is 48.5 Å². The highest BCUT2D eigenvalue weighted by molar-refractivity contribution is 6.07. The topological polar surface area (TPSA) is 84.0 Å². The third kappa shape index (κ3) is 4.75. The van der Waals surface area contributed by atoms with Gasteiger partial charge in [0.05, 0.1) is 56.6 Å². The van der Waals surface area contributed by atoms with E-state index >= 15 is 0 Å². The summed E-state index contributed by atoms with van der Waals surface area (Å²) in [5.74, 6) is -2.14. The number of likely N-dealkylation sites (tertiary alicyclic amines) is 2. The molecule has 2 aromatic carbocycles. The number of rotatable bonds is 4. The Balaban J connectivity index is 0.985. The Morgan fingerprint density at radius 2 is 1.04 bits per heavy atom. The molecule has 2 amide bonds. The molecule has 3 spiro atoms. The van der Waals surface area contributed by atoms with Crippen LogP contribution in [0.25, 0.3) is 0 Å². The Hall–Kier alpha value is -2.86. The van der Waals surface area contributed by atoms with E-state index < -0.39 is 17.0 Å². The summed E-state index contributed by atoms with van der Waals surface area (Å²) in [7, 11) is 0. The maximum Gasteiger partial charge on any atom is 0.293 e. The number of fused-ring (bicyclic) bond motifs is 4. The summed E-state index contributed by atoms with van der Waals surface area (Å²) < 4.78 is 25.9. The summed E-state index contributed by atoms with van der Waals surface area (Å²) in [6.07, 6.45) is 4.71. The van der Waals surface area contributed by atoms with E-state index in [9.17, 15) is 9.59 Å². The molecule has 0 aromatic heterocycles. The van der Waals surface area contributed by atoms with Crippen molar-refractivity contribution in [1.29, 1.82) is 0 Å². The lowest BCUT2D eigenvalue weighted by Gasteiger charge is -2.48. The highest BCUT2D eigenvalue weighted by Gasteiger charge is 2.63. The molecule has 2 atom stereocenters. The zero-order valence-corrected chi connectivity index (χ0v) is 26.4. The van der Waals surface area contributed by atoms with E-state index in [1.807, 2.05) is 58.3 Å². The smallest absolute Gasteiger partial charge is 0.293 e. The van der Waals surface area contributed by atoms with Gasteiger partial charge < -0.3 is 18.9 Å². The van der Waals surface area contributed by atoms with Crippen molar-refractivity contribution in [2.45, 2.75) is 51.1 Å². The van der Waals surface area contributed by atoms with Gasteiger partial charge >= 0.3 is 0 Å². The number of para-hydroxylation sites is 2. The zero-order chi connectivity index (χ0) is 30.8. The lowest BCUT2D eigenvalue weighted by Crippen LogP contribution is -2.61. The van der Waals surface area contributed by atoms with Gasteiger partial charge in [-0.1, -0.05) is 50.2 Å². The van der Waals surface area contributed by atoms with Crippen LogP contribution in [0.3, 0.4) is 0 Å². The maximum absolute atomic E-state index is 14.1. The van der Waals surface area contributed by atoms with Crippen molar-refractivity contribution in [1.82, 2.24) is 9.80 Å². The largest absolute Gasteiger partial charge is 0.338 e. The molecular weight excluding hydrogens is 572 g/mol. The van der Waals surface area contributed by atoms with E-state index in [1.165, 1.54) is 12.8 Å². The van der Waals surface area contributed by atoms with Crippen molar-refractivity contribution >= 4 is 23.2 Å². The number of benzene rings is 2. The normalized spacial score (nSPS) is 35.5.